The van der Waals surface area contributed by atoms with Crippen molar-refractivity contribution in [3.8, 4) is 17.1 Å². The van der Waals surface area contributed by atoms with Gasteiger partial charge in [-0.15, -0.1) is 0 Å². The van der Waals surface area contributed by atoms with Gasteiger partial charge < -0.3 is 9.67 Å². The van der Waals surface area contributed by atoms with E-state index in [9.17, 15) is 9.50 Å². The van der Waals surface area contributed by atoms with E-state index in [0.29, 0.717) is 16.9 Å². The van der Waals surface area contributed by atoms with Crippen molar-refractivity contribution in [2.45, 2.75) is 19.9 Å². The van der Waals surface area contributed by atoms with E-state index in [-0.39, 0.29) is 11.6 Å². The van der Waals surface area contributed by atoms with Crippen molar-refractivity contribution in [2.24, 2.45) is 0 Å². The zero-order valence-electron chi connectivity index (χ0n) is 11.0. The van der Waals surface area contributed by atoms with Crippen LogP contribution >= 0.6 is 0 Å². The number of fused-ring (bicyclic) bond motifs is 1. The SMILES string of the molecule is CCCn1c(-c2ccncc2O)nc2cc(F)ccc21. The lowest BCUT2D eigenvalue weighted by Gasteiger charge is -2.08. The highest BCUT2D eigenvalue weighted by molar-refractivity contribution is 5.81. The molecule has 0 aliphatic carbocycles. The topological polar surface area (TPSA) is 50.9 Å². The summed E-state index contributed by atoms with van der Waals surface area (Å²) >= 11 is 0. The number of hydrogen-bond donors (Lipinski definition) is 1. The number of imidazole rings is 1. The lowest BCUT2D eigenvalue weighted by Crippen LogP contribution is -2.00. The van der Waals surface area contributed by atoms with Gasteiger partial charge in [0.05, 0.1) is 22.8 Å². The lowest BCUT2D eigenvalue weighted by atomic mass is 10.2. The lowest BCUT2D eigenvalue weighted by molar-refractivity contribution is 0.473. The largest absolute Gasteiger partial charge is 0.506 e. The van der Waals surface area contributed by atoms with E-state index in [0.717, 1.165) is 18.5 Å². The standard InChI is InChI=1S/C15H14FN3O/c1-2-7-19-13-4-3-10(16)8-12(13)18-15(19)11-5-6-17-9-14(11)20/h3-6,8-9,20H,2,7H2,1H3. The molecule has 2 aromatic heterocycles. The normalized spacial score (nSPS) is 11.1. The first-order chi connectivity index (χ1) is 9.70. The molecule has 0 aliphatic heterocycles. The molecule has 1 N–H and O–H groups in total. The Bertz CT molecular complexity index is 767. The summed E-state index contributed by atoms with van der Waals surface area (Å²) in [5, 5.41) is 9.95. The van der Waals surface area contributed by atoms with Crippen LogP contribution in [0.2, 0.25) is 0 Å². The summed E-state index contributed by atoms with van der Waals surface area (Å²) in [6.07, 6.45) is 3.90. The Labute approximate surface area is 115 Å². The van der Waals surface area contributed by atoms with Gasteiger partial charge in [0.15, 0.2) is 0 Å². The van der Waals surface area contributed by atoms with Crippen molar-refractivity contribution in [3.63, 3.8) is 0 Å². The number of hydrogen-bond acceptors (Lipinski definition) is 3. The van der Waals surface area contributed by atoms with Gasteiger partial charge in [-0.2, -0.15) is 0 Å². The van der Waals surface area contributed by atoms with Crippen LogP contribution in [0.15, 0.2) is 36.7 Å². The number of aromatic hydroxyl groups is 1. The second-order valence-corrected chi connectivity index (χ2v) is 4.61. The maximum absolute atomic E-state index is 13.3. The molecule has 0 amide bonds. The Balaban J connectivity index is 2.29. The van der Waals surface area contributed by atoms with Gasteiger partial charge in [-0.25, -0.2) is 9.37 Å². The molecule has 0 atom stereocenters. The fourth-order valence-corrected chi connectivity index (χ4v) is 2.33. The molecule has 3 rings (SSSR count). The third-order valence-electron chi connectivity index (χ3n) is 3.20. The zero-order valence-corrected chi connectivity index (χ0v) is 11.0. The van der Waals surface area contributed by atoms with E-state index >= 15 is 0 Å². The zero-order chi connectivity index (χ0) is 14.1. The molecule has 0 fully saturated rings. The molecular weight excluding hydrogens is 257 g/mol. The van der Waals surface area contributed by atoms with Crippen molar-refractivity contribution < 1.29 is 9.50 Å². The van der Waals surface area contributed by atoms with Crippen LogP contribution in [0.25, 0.3) is 22.4 Å². The predicted molar refractivity (Wildman–Crippen MR) is 74.9 cm³/mol. The number of benzene rings is 1. The third kappa shape index (κ3) is 2.01. The van der Waals surface area contributed by atoms with Crippen molar-refractivity contribution in [1.82, 2.24) is 14.5 Å². The molecule has 3 aromatic rings. The van der Waals surface area contributed by atoms with Crippen LogP contribution in [0, 0.1) is 5.82 Å². The number of nitrogens with zero attached hydrogens (tertiary/aromatic N) is 3. The molecule has 0 aliphatic rings. The molecule has 1 aromatic carbocycles. The second-order valence-electron chi connectivity index (χ2n) is 4.61. The van der Waals surface area contributed by atoms with Crippen LogP contribution in [-0.4, -0.2) is 19.6 Å². The molecule has 0 saturated carbocycles. The smallest absolute Gasteiger partial charge is 0.144 e. The minimum atomic E-state index is -0.316. The summed E-state index contributed by atoms with van der Waals surface area (Å²) in [6.45, 7) is 2.81. The monoisotopic (exact) mass is 271 g/mol. The molecule has 0 radical (unpaired) electrons. The first kappa shape index (κ1) is 12.6. The number of rotatable bonds is 3. The van der Waals surface area contributed by atoms with Gasteiger partial charge in [-0.1, -0.05) is 6.92 Å². The summed E-state index contributed by atoms with van der Waals surface area (Å²) in [5.74, 6) is 0.386. The van der Waals surface area contributed by atoms with Crippen molar-refractivity contribution in [2.75, 3.05) is 0 Å². The Kier molecular flexibility index (Phi) is 3.10. The van der Waals surface area contributed by atoms with Crippen molar-refractivity contribution in [3.05, 3.63) is 42.5 Å². The van der Waals surface area contributed by atoms with E-state index < -0.39 is 0 Å². The molecule has 0 saturated heterocycles. The molecule has 0 spiro atoms. The van der Waals surface area contributed by atoms with Crippen LogP contribution in [0.5, 0.6) is 5.75 Å². The Morgan fingerprint density at radius 1 is 1.30 bits per heavy atom. The number of aromatic nitrogens is 3. The highest BCUT2D eigenvalue weighted by Crippen LogP contribution is 2.30. The van der Waals surface area contributed by atoms with Gasteiger partial charge >= 0.3 is 0 Å². The molecule has 2 heterocycles. The first-order valence-corrected chi connectivity index (χ1v) is 6.50. The number of pyridine rings is 1. The molecule has 20 heavy (non-hydrogen) atoms. The minimum absolute atomic E-state index is 0.0700. The summed E-state index contributed by atoms with van der Waals surface area (Å²) < 4.78 is 15.3. The summed E-state index contributed by atoms with van der Waals surface area (Å²) in [6, 6.07) is 6.25. The van der Waals surface area contributed by atoms with E-state index in [1.54, 1.807) is 18.3 Å². The summed E-state index contributed by atoms with van der Waals surface area (Å²) in [4.78, 5) is 8.33. The highest BCUT2D eigenvalue weighted by atomic mass is 19.1. The van der Waals surface area contributed by atoms with Crippen LogP contribution in [-0.2, 0) is 6.54 Å². The van der Waals surface area contributed by atoms with Crippen LogP contribution in [0.4, 0.5) is 4.39 Å². The van der Waals surface area contributed by atoms with Gasteiger partial charge in [-0.05, 0) is 24.6 Å². The maximum atomic E-state index is 13.3. The first-order valence-electron chi connectivity index (χ1n) is 6.50. The molecule has 102 valence electrons. The second kappa shape index (κ2) is 4.92. The highest BCUT2D eigenvalue weighted by Gasteiger charge is 2.15. The number of aryl methyl sites for hydroxylation is 1. The average Bonchev–Trinajstić information content (AvgIpc) is 2.77. The predicted octanol–water partition coefficient (Wildman–Crippen LogP) is 3.35. The van der Waals surface area contributed by atoms with Gasteiger partial charge in [0, 0.05) is 18.8 Å². The van der Waals surface area contributed by atoms with Crippen molar-refractivity contribution >= 4 is 11.0 Å². The Morgan fingerprint density at radius 2 is 2.15 bits per heavy atom. The van der Waals surface area contributed by atoms with Gasteiger partial charge in [0.2, 0.25) is 0 Å². The molecular formula is C15H14FN3O. The van der Waals surface area contributed by atoms with Gasteiger partial charge in [-0.3, -0.25) is 4.98 Å². The van der Waals surface area contributed by atoms with E-state index in [1.807, 2.05) is 4.57 Å². The molecule has 4 nitrogen and oxygen atoms in total. The molecule has 5 heteroatoms. The summed E-state index contributed by atoms with van der Waals surface area (Å²) in [5.41, 5.74) is 2.05. The number of halogens is 1. The fraction of sp³-hybridized carbons (Fsp3) is 0.200. The van der Waals surface area contributed by atoms with Crippen LogP contribution in [0.1, 0.15) is 13.3 Å². The average molecular weight is 271 g/mol. The van der Waals surface area contributed by atoms with E-state index in [1.165, 1.54) is 18.3 Å². The van der Waals surface area contributed by atoms with Crippen molar-refractivity contribution in [1.29, 1.82) is 0 Å². The van der Waals surface area contributed by atoms with Gasteiger partial charge in [0.25, 0.3) is 0 Å². The van der Waals surface area contributed by atoms with E-state index in [2.05, 4.69) is 16.9 Å². The van der Waals surface area contributed by atoms with Gasteiger partial charge in [0.1, 0.15) is 17.4 Å². The van der Waals surface area contributed by atoms with E-state index in [4.69, 9.17) is 0 Å². The Morgan fingerprint density at radius 3 is 2.90 bits per heavy atom. The quantitative estimate of drug-likeness (QED) is 0.794. The fourth-order valence-electron chi connectivity index (χ4n) is 2.33. The molecule has 0 bridgehead atoms. The van der Waals surface area contributed by atoms with Crippen LogP contribution < -0.4 is 0 Å². The third-order valence-corrected chi connectivity index (χ3v) is 3.20. The summed E-state index contributed by atoms with van der Waals surface area (Å²) in [7, 11) is 0. The minimum Gasteiger partial charge on any atom is -0.506 e. The molecule has 0 unspecified atom stereocenters. The maximum Gasteiger partial charge on any atom is 0.144 e. The van der Waals surface area contributed by atoms with Crippen LogP contribution in [0.3, 0.4) is 0 Å². The Hall–Kier alpha value is -2.43.